The second-order valence-corrected chi connectivity index (χ2v) is 6.01. The van der Waals surface area contributed by atoms with Crippen LogP contribution in [0.5, 0.6) is 5.75 Å². The zero-order chi connectivity index (χ0) is 19.0. The molecule has 6 nitrogen and oxygen atoms in total. The Bertz CT molecular complexity index is 509. The molecule has 0 aliphatic carbocycles. The second-order valence-electron chi connectivity index (χ2n) is 5.61. The molecule has 1 aromatic rings. The van der Waals surface area contributed by atoms with Crippen molar-refractivity contribution in [2.45, 2.75) is 26.7 Å². The topological polar surface area (TPSA) is 63.2 Å². The monoisotopic (exact) mass is 388 g/mol. The van der Waals surface area contributed by atoms with Gasteiger partial charge in [0.25, 0.3) is 0 Å². The van der Waals surface area contributed by atoms with E-state index in [2.05, 4.69) is 6.92 Å². The second kappa shape index (κ2) is 14.9. The molecule has 0 aromatic heterocycles. The standard InChI is InChI=1S/C19H29ClO6/c1-3-7-22-9-11-24-13-14-25-12-10-23-8-6-19(21)26-18-5-4-16(2)15-17(18)20/h4-5,15H,3,6-14H2,1-2H3. The van der Waals surface area contributed by atoms with Crippen molar-refractivity contribution in [2.75, 3.05) is 52.9 Å². The van der Waals surface area contributed by atoms with Gasteiger partial charge < -0.3 is 23.7 Å². The quantitative estimate of drug-likeness (QED) is 0.260. The molecule has 0 spiro atoms. The SMILES string of the molecule is CCCOCCOCCOCCOCCC(=O)Oc1ccc(C)cc1Cl. The van der Waals surface area contributed by atoms with Gasteiger partial charge in [0.15, 0.2) is 0 Å². The van der Waals surface area contributed by atoms with Gasteiger partial charge in [-0.1, -0.05) is 24.6 Å². The number of ether oxygens (including phenoxy) is 5. The molecule has 0 aliphatic heterocycles. The molecule has 0 bridgehead atoms. The maximum absolute atomic E-state index is 11.7. The molecular weight excluding hydrogens is 360 g/mol. The minimum absolute atomic E-state index is 0.158. The molecule has 0 radical (unpaired) electrons. The number of aryl methyl sites for hydroxylation is 1. The Balaban J connectivity index is 1.92. The maximum atomic E-state index is 11.7. The minimum atomic E-state index is -0.379. The summed E-state index contributed by atoms with van der Waals surface area (Å²) in [5, 5.41) is 0.423. The van der Waals surface area contributed by atoms with Crippen LogP contribution in [0.2, 0.25) is 5.02 Å². The lowest BCUT2D eigenvalue weighted by molar-refractivity contribution is -0.135. The van der Waals surface area contributed by atoms with Crippen LogP contribution < -0.4 is 4.74 Å². The highest BCUT2D eigenvalue weighted by Crippen LogP contribution is 2.25. The fourth-order valence-electron chi connectivity index (χ4n) is 1.92. The van der Waals surface area contributed by atoms with Crippen molar-refractivity contribution in [3.05, 3.63) is 28.8 Å². The Kier molecular flexibility index (Phi) is 13.1. The molecule has 0 amide bonds. The van der Waals surface area contributed by atoms with Crippen LogP contribution in [0.4, 0.5) is 0 Å². The molecule has 148 valence electrons. The smallest absolute Gasteiger partial charge is 0.313 e. The van der Waals surface area contributed by atoms with Crippen molar-refractivity contribution in [2.24, 2.45) is 0 Å². The molecule has 26 heavy (non-hydrogen) atoms. The van der Waals surface area contributed by atoms with Crippen LogP contribution in [0.25, 0.3) is 0 Å². The molecular formula is C19H29ClO6. The highest BCUT2D eigenvalue weighted by molar-refractivity contribution is 6.32. The van der Waals surface area contributed by atoms with E-state index >= 15 is 0 Å². The average Bonchev–Trinajstić information content (AvgIpc) is 2.61. The highest BCUT2D eigenvalue weighted by Gasteiger charge is 2.08. The fraction of sp³-hybridized carbons (Fsp3) is 0.632. The first kappa shape index (κ1) is 22.9. The number of hydrogen-bond donors (Lipinski definition) is 0. The minimum Gasteiger partial charge on any atom is -0.425 e. The molecule has 0 aliphatic rings. The lowest BCUT2D eigenvalue weighted by atomic mass is 10.2. The summed E-state index contributed by atoms with van der Waals surface area (Å²) in [6.07, 6.45) is 1.17. The van der Waals surface area contributed by atoms with Crippen molar-refractivity contribution in [3.63, 3.8) is 0 Å². The van der Waals surface area contributed by atoms with E-state index < -0.39 is 0 Å². The summed E-state index contributed by atoms with van der Waals surface area (Å²) < 4.78 is 26.6. The number of halogens is 1. The molecule has 0 saturated heterocycles. The first-order chi connectivity index (χ1) is 12.6. The highest BCUT2D eigenvalue weighted by atomic mass is 35.5. The van der Waals surface area contributed by atoms with E-state index in [0.29, 0.717) is 50.4 Å². The van der Waals surface area contributed by atoms with Crippen molar-refractivity contribution in [3.8, 4) is 5.75 Å². The van der Waals surface area contributed by atoms with Gasteiger partial charge in [-0.2, -0.15) is 0 Å². The van der Waals surface area contributed by atoms with Gasteiger partial charge in [0.1, 0.15) is 5.75 Å². The summed E-state index contributed by atoms with van der Waals surface area (Å²) in [5.41, 5.74) is 1.01. The van der Waals surface area contributed by atoms with Crippen LogP contribution in [0, 0.1) is 6.92 Å². The summed E-state index contributed by atoms with van der Waals surface area (Å²) in [5.74, 6) is -0.0129. The molecule has 0 N–H and O–H groups in total. The number of carbonyl (C=O) groups excluding carboxylic acids is 1. The Labute approximate surface area is 160 Å². The van der Waals surface area contributed by atoms with Crippen LogP contribution in [0.1, 0.15) is 25.3 Å². The third kappa shape index (κ3) is 11.4. The van der Waals surface area contributed by atoms with E-state index in [1.54, 1.807) is 12.1 Å². The van der Waals surface area contributed by atoms with Crippen molar-refractivity contribution in [1.82, 2.24) is 0 Å². The summed E-state index contributed by atoms with van der Waals surface area (Å²) >= 11 is 6.02. The van der Waals surface area contributed by atoms with E-state index in [4.69, 9.17) is 35.3 Å². The van der Waals surface area contributed by atoms with E-state index in [1.807, 2.05) is 13.0 Å². The van der Waals surface area contributed by atoms with Gasteiger partial charge in [0, 0.05) is 6.61 Å². The van der Waals surface area contributed by atoms with Crippen molar-refractivity contribution >= 4 is 17.6 Å². The van der Waals surface area contributed by atoms with Gasteiger partial charge in [-0.15, -0.1) is 0 Å². The molecule has 0 atom stereocenters. The van der Waals surface area contributed by atoms with Crippen LogP contribution in [-0.4, -0.2) is 58.8 Å². The zero-order valence-electron chi connectivity index (χ0n) is 15.6. The van der Waals surface area contributed by atoms with Gasteiger partial charge in [-0.3, -0.25) is 4.79 Å². The van der Waals surface area contributed by atoms with E-state index in [9.17, 15) is 4.79 Å². The first-order valence-corrected chi connectivity index (χ1v) is 9.29. The van der Waals surface area contributed by atoms with Crippen LogP contribution in [0.3, 0.4) is 0 Å². The van der Waals surface area contributed by atoms with Gasteiger partial charge in [-0.25, -0.2) is 0 Å². The molecule has 7 heteroatoms. The van der Waals surface area contributed by atoms with Gasteiger partial charge in [0.05, 0.1) is 57.7 Å². The third-order valence-electron chi connectivity index (χ3n) is 3.23. The van der Waals surface area contributed by atoms with Gasteiger partial charge in [-0.05, 0) is 31.0 Å². The van der Waals surface area contributed by atoms with Crippen LogP contribution in [0.15, 0.2) is 18.2 Å². The number of esters is 1. The van der Waals surface area contributed by atoms with E-state index in [-0.39, 0.29) is 19.0 Å². The number of hydrogen-bond acceptors (Lipinski definition) is 6. The van der Waals surface area contributed by atoms with Crippen molar-refractivity contribution < 1.29 is 28.5 Å². The maximum Gasteiger partial charge on any atom is 0.313 e. The Morgan fingerprint density at radius 3 is 1.96 bits per heavy atom. The van der Waals surface area contributed by atoms with Gasteiger partial charge in [0.2, 0.25) is 0 Å². The summed E-state index contributed by atoms with van der Waals surface area (Å²) in [6, 6.07) is 5.27. The molecule has 0 saturated carbocycles. The zero-order valence-corrected chi connectivity index (χ0v) is 16.4. The van der Waals surface area contributed by atoms with E-state index in [0.717, 1.165) is 18.6 Å². The lowest BCUT2D eigenvalue weighted by Gasteiger charge is -2.08. The first-order valence-electron chi connectivity index (χ1n) is 8.91. The Hall–Kier alpha value is -1.18. The molecule has 0 fully saturated rings. The molecule has 1 rings (SSSR count). The summed E-state index contributed by atoms with van der Waals surface area (Å²) in [7, 11) is 0. The normalized spacial score (nSPS) is 10.9. The fourth-order valence-corrected chi connectivity index (χ4v) is 2.20. The lowest BCUT2D eigenvalue weighted by Crippen LogP contribution is -2.14. The van der Waals surface area contributed by atoms with Gasteiger partial charge >= 0.3 is 5.97 Å². The average molecular weight is 389 g/mol. The molecule has 1 aromatic carbocycles. The Morgan fingerprint density at radius 1 is 0.885 bits per heavy atom. The van der Waals surface area contributed by atoms with Crippen molar-refractivity contribution in [1.29, 1.82) is 0 Å². The predicted molar refractivity (Wildman–Crippen MR) is 100 cm³/mol. The molecule has 0 unspecified atom stereocenters. The number of benzene rings is 1. The van der Waals surface area contributed by atoms with Crippen LogP contribution in [-0.2, 0) is 23.7 Å². The van der Waals surface area contributed by atoms with E-state index in [1.165, 1.54) is 0 Å². The van der Waals surface area contributed by atoms with Crippen LogP contribution >= 0.6 is 11.6 Å². The Morgan fingerprint density at radius 2 is 1.42 bits per heavy atom. The predicted octanol–water partition coefficient (Wildman–Crippen LogP) is 3.42. The third-order valence-corrected chi connectivity index (χ3v) is 3.52. The summed E-state index contributed by atoms with van der Waals surface area (Å²) in [6.45, 7) is 8.12. The molecule has 0 heterocycles. The number of rotatable bonds is 15. The summed E-state index contributed by atoms with van der Waals surface area (Å²) in [4.78, 5) is 11.7. The largest absolute Gasteiger partial charge is 0.425 e. The number of carbonyl (C=O) groups is 1.